The van der Waals surface area contributed by atoms with Crippen molar-refractivity contribution in [2.75, 3.05) is 7.11 Å². The summed E-state index contributed by atoms with van der Waals surface area (Å²) in [6, 6.07) is 3.83. The number of aromatic nitrogens is 3. The van der Waals surface area contributed by atoms with Crippen molar-refractivity contribution < 1.29 is 33.5 Å². The molecule has 1 aromatic carbocycles. The van der Waals surface area contributed by atoms with Crippen LogP contribution in [0.3, 0.4) is 0 Å². The standard InChI is InChI=1S/C19H23N5O8/c1-19(2,3)32-18(27)23(15(16(25)30-4)9-22-12-20-11-21-22)17(26)31-10-13-5-7-14(8-6-13)24(28)29/h5-8,11-12,15H,9-10H2,1-4H3. The first-order valence-corrected chi connectivity index (χ1v) is 9.34. The average molecular weight is 449 g/mol. The molecule has 0 aliphatic rings. The van der Waals surface area contributed by atoms with Crippen LogP contribution in [0.4, 0.5) is 15.3 Å². The van der Waals surface area contributed by atoms with Gasteiger partial charge in [-0.25, -0.2) is 19.4 Å². The fraction of sp³-hybridized carbons (Fsp3) is 0.421. The van der Waals surface area contributed by atoms with E-state index in [1.807, 2.05) is 0 Å². The number of nitrogens with zero attached hydrogens (tertiary/aromatic N) is 5. The topological polar surface area (TPSA) is 156 Å². The SMILES string of the molecule is COC(=O)C(Cn1cncn1)N(C(=O)OCc1ccc([N+](=O)[O-])cc1)C(=O)OC(C)(C)C. The van der Waals surface area contributed by atoms with Gasteiger partial charge in [-0.05, 0) is 38.5 Å². The number of nitro benzene ring substituents is 1. The number of nitro groups is 1. The molecule has 1 atom stereocenters. The summed E-state index contributed by atoms with van der Waals surface area (Å²) in [5.41, 5.74) is -0.671. The third-order valence-electron chi connectivity index (χ3n) is 3.91. The second kappa shape index (κ2) is 10.3. The summed E-state index contributed by atoms with van der Waals surface area (Å²) in [5.74, 6) is -0.904. The Hall–Kier alpha value is -4.03. The molecule has 0 spiro atoms. The second-order valence-corrected chi connectivity index (χ2v) is 7.48. The number of carbonyl (C=O) groups is 3. The Morgan fingerprint density at radius 2 is 1.84 bits per heavy atom. The minimum absolute atomic E-state index is 0.131. The molecule has 13 heteroatoms. The van der Waals surface area contributed by atoms with Crippen molar-refractivity contribution in [2.45, 2.75) is 45.6 Å². The lowest BCUT2D eigenvalue weighted by molar-refractivity contribution is -0.384. The van der Waals surface area contributed by atoms with Crippen LogP contribution >= 0.6 is 0 Å². The molecule has 2 aromatic rings. The fourth-order valence-corrected chi connectivity index (χ4v) is 2.47. The first-order chi connectivity index (χ1) is 15.0. The molecule has 0 N–H and O–H groups in total. The van der Waals surface area contributed by atoms with Gasteiger partial charge in [0.2, 0.25) is 0 Å². The van der Waals surface area contributed by atoms with E-state index in [2.05, 4.69) is 10.1 Å². The molecule has 2 amide bonds. The van der Waals surface area contributed by atoms with Gasteiger partial charge in [0.1, 0.15) is 24.9 Å². The molecule has 0 aliphatic carbocycles. The van der Waals surface area contributed by atoms with Crippen LogP contribution in [0.5, 0.6) is 0 Å². The van der Waals surface area contributed by atoms with Crippen LogP contribution in [0.25, 0.3) is 0 Å². The number of non-ortho nitro benzene ring substituents is 1. The molecule has 0 fully saturated rings. The quantitative estimate of drug-likeness (QED) is 0.266. The number of hydrogen-bond donors (Lipinski definition) is 0. The largest absolute Gasteiger partial charge is 0.467 e. The Morgan fingerprint density at radius 1 is 1.19 bits per heavy atom. The van der Waals surface area contributed by atoms with E-state index < -0.39 is 34.7 Å². The number of benzene rings is 1. The Morgan fingerprint density at radius 3 is 2.34 bits per heavy atom. The number of carbonyl (C=O) groups excluding carboxylic acids is 3. The Balaban J connectivity index is 2.26. The molecule has 0 saturated heterocycles. The molecule has 13 nitrogen and oxygen atoms in total. The van der Waals surface area contributed by atoms with Crippen LogP contribution in [0, 0.1) is 10.1 Å². The third kappa shape index (κ3) is 6.75. The van der Waals surface area contributed by atoms with E-state index in [-0.39, 0.29) is 18.8 Å². The van der Waals surface area contributed by atoms with E-state index in [0.717, 1.165) is 7.11 Å². The normalized spacial score (nSPS) is 11.9. The highest BCUT2D eigenvalue weighted by atomic mass is 16.6. The molecular formula is C19H23N5O8. The van der Waals surface area contributed by atoms with Gasteiger partial charge in [0.25, 0.3) is 5.69 Å². The minimum atomic E-state index is -1.46. The highest BCUT2D eigenvalue weighted by Crippen LogP contribution is 2.17. The van der Waals surface area contributed by atoms with Gasteiger partial charge in [-0.3, -0.25) is 14.8 Å². The van der Waals surface area contributed by atoms with Crippen molar-refractivity contribution in [3.8, 4) is 0 Å². The zero-order chi connectivity index (χ0) is 23.9. The lowest BCUT2D eigenvalue weighted by Gasteiger charge is -2.29. The van der Waals surface area contributed by atoms with Crippen LogP contribution < -0.4 is 0 Å². The highest BCUT2D eigenvalue weighted by Gasteiger charge is 2.40. The number of imide groups is 1. The van der Waals surface area contributed by atoms with Crippen molar-refractivity contribution in [3.05, 3.63) is 52.6 Å². The van der Waals surface area contributed by atoms with Gasteiger partial charge in [0.15, 0.2) is 6.04 Å². The molecule has 0 saturated carbocycles. The van der Waals surface area contributed by atoms with Crippen molar-refractivity contribution >= 4 is 23.8 Å². The molecule has 0 radical (unpaired) electrons. The van der Waals surface area contributed by atoms with E-state index in [0.29, 0.717) is 10.5 Å². The lowest BCUT2D eigenvalue weighted by Crippen LogP contribution is -2.52. The van der Waals surface area contributed by atoms with Crippen LogP contribution in [-0.2, 0) is 32.2 Å². The van der Waals surface area contributed by atoms with Crippen LogP contribution in [0.2, 0.25) is 0 Å². The number of rotatable bonds is 7. The number of esters is 1. The monoisotopic (exact) mass is 449 g/mol. The first-order valence-electron chi connectivity index (χ1n) is 9.34. The van der Waals surface area contributed by atoms with Crippen LogP contribution in [0.15, 0.2) is 36.9 Å². The van der Waals surface area contributed by atoms with Gasteiger partial charge < -0.3 is 14.2 Å². The minimum Gasteiger partial charge on any atom is -0.467 e. The van der Waals surface area contributed by atoms with E-state index >= 15 is 0 Å². The van der Waals surface area contributed by atoms with Gasteiger partial charge in [-0.2, -0.15) is 10.00 Å². The molecule has 1 aromatic heterocycles. The Bertz CT molecular complexity index is 953. The van der Waals surface area contributed by atoms with Crippen molar-refractivity contribution in [3.63, 3.8) is 0 Å². The van der Waals surface area contributed by atoms with Crippen molar-refractivity contribution in [1.29, 1.82) is 0 Å². The Labute approximate surface area is 183 Å². The molecule has 1 unspecified atom stereocenters. The summed E-state index contributed by atoms with van der Waals surface area (Å²) in [4.78, 5) is 52.5. The predicted octanol–water partition coefficient (Wildman–Crippen LogP) is 2.30. The summed E-state index contributed by atoms with van der Waals surface area (Å²) in [6.07, 6.45) is 0.222. The van der Waals surface area contributed by atoms with Crippen LogP contribution in [0.1, 0.15) is 26.3 Å². The number of amides is 2. The molecular weight excluding hydrogens is 426 g/mol. The van der Waals surface area contributed by atoms with Crippen LogP contribution in [-0.4, -0.2) is 61.5 Å². The van der Waals surface area contributed by atoms with Gasteiger partial charge in [-0.15, -0.1) is 0 Å². The number of ether oxygens (including phenoxy) is 3. The average Bonchev–Trinajstić information content (AvgIpc) is 3.23. The molecule has 1 heterocycles. The summed E-state index contributed by atoms with van der Waals surface area (Å²) < 4.78 is 16.4. The highest BCUT2D eigenvalue weighted by molar-refractivity contribution is 5.94. The molecule has 32 heavy (non-hydrogen) atoms. The summed E-state index contributed by atoms with van der Waals surface area (Å²) in [7, 11) is 1.10. The van der Waals surface area contributed by atoms with E-state index in [1.165, 1.54) is 41.6 Å². The number of methoxy groups -OCH3 is 1. The smallest absolute Gasteiger partial charge is 0.420 e. The van der Waals surface area contributed by atoms with Crippen molar-refractivity contribution in [2.24, 2.45) is 0 Å². The Kier molecular flexibility index (Phi) is 7.82. The fourth-order valence-electron chi connectivity index (χ4n) is 2.47. The molecule has 0 bridgehead atoms. The summed E-state index contributed by atoms with van der Waals surface area (Å²) in [5, 5.41) is 14.6. The third-order valence-corrected chi connectivity index (χ3v) is 3.91. The second-order valence-electron chi connectivity index (χ2n) is 7.48. The zero-order valence-corrected chi connectivity index (χ0v) is 18.0. The maximum atomic E-state index is 12.9. The van der Waals surface area contributed by atoms with Gasteiger partial charge in [0.05, 0.1) is 18.6 Å². The van der Waals surface area contributed by atoms with E-state index in [1.54, 1.807) is 20.8 Å². The zero-order valence-electron chi connectivity index (χ0n) is 18.0. The first kappa shape index (κ1) is 24.2. The molecule has 172 valence electrons. The van der Waals surface area contributed by atoms with Gasteiger partial charge in [-0.1, -0.05) is 0 Å². The van der Waals surface area contributed by atoms with Gasteiger partial charge in [0, 0.05) is 12.1 Å². The summed E-state index contributed by atoms with van der Waals surface area (Å²) in [6.45, 7) is 4.22. The lowest BCUT2D eigenvalue weighted by atomic mass is 10.2. The molecule has 0 aliphatic heterocycles. The van der Waals surface area contributed by atoms with E-state index in [9.17, 15) is 24.5 Å². The maximum absolute atomic E-state index is 12.9. The van der Waals surface area contributed by atoms with E-state index in [4.69, 9.17) is 14.2 Å². The number of hydrogen-bond acceptors (Lipinski definition) is 10. The maximum Gasteiger partial charge on any atom is 0.420 e. The molecule has 2 rings (SSSR count). The van der Waals surface area contributed by atoms with Crippen molar-refractivity contribution in [1.82, 2.24) is 19.7 Å². The summed E-state index contributed by atoms with van der Waals surface area (Å²) >= 11 is 0. The predicted molar refractivity (Wildman–Crippen MR) is 107 cm³/mol. The van der Waals surface area contributed by atoms with Gasteiger partial charge >= 0.3 is 18.2 Å².